The fourth-order valence-corrected chi connectivity index (χ4v) is 5.08. The first-order valence-corrected chi connectivity index (χ1v) is 12.6. The summed E-state index contributed by atoms with van der Waals surface area (Å²) >= 11 is 0. The van der Waals surface area contributed by atoms with Crippen LogP contribution in [0, 0.1) is 5.92 Å². The van der Waals surface area contributed by atoms with E-state index in [1.54, 1.807) is 12.1 Å². The summed E-state index contributed by atoms with van der Waals surface area (Å²) in [6.45, 7) is 7.88. The Balaban J connectivity index is 1.09. The molecule has 0 radical (unpaired) electrons. The summed E-state index contributed by atoms with van der Waals surface area (Å²) in [6.07, 6.45) is 5.26. The number of aromatic nitrogens is 2. The molecule has 2 saturated heterocycles. The van der Waals surface area contributed by atoms with Crippen LogP contribution in [0.2, 0.25) is 0 Å². The molecular weight excluding hydrogens is 424 g/mol. The van der Waals surface area contributed by atoms with E-state index in [4.69, 9.17) is 0 Å². The molecule has 3 aromatic rings. The Bertz CT molecular complexity index is 1030. The predicted molar refractivity (Wildman–Crippen MR) is 139 cm³/mol. The van der Waals surface area contributed by atoms with Crippen LogP contribution in [0.3, 0.4) is 0 Å². The van der Waals surface area contributed by atoms with Crippen LogP contribution in [0.1, 0.15) is 38.2 Å². The molecule has 1 aromatic heterocycles. The van der Waals surface area contributed by atoms with Gasteiger partial charge in [0.2, 0.25) is 0 Å². The normalized spacial score (nSPS) is 18.2. The summed E-state index contributed by atoms with van der Waals surface area (Å²) in [4.78, 5) is 5.26. The van der Waals surface area contributed by atoms with Gasteiger partial charge in [0.1, 0.15) is 17.4 Å². The fraction of sp³-hybridized carbons (Fsp3) is 0.444. The number of piperidine rings is 2. The highest BCUT2D eigenvalue weighted by Gasteiger charge is 2.27. The molecule has 3 heterocycles. The molecule has 0 aliphatic carbocycles. The van der Waals surface area contributed by atoms with Gasteiger partial charge in [-0.25, -0.2) is 0 Å². The van der Waals surface area contributed by atoms with E-state index in [-0.39, 0.29) is 5.75 Å². The van der Waals surface area contributed by atoms with Crippen molar-refractivity contribution in [3.63, 3.8) is 0 Å². The summed E-state index contributed by atoms with van der Waals surface area (Å²) in [7, 11) is 0. The number of likely N-dealkylation sites (tertiary alicyclic amines) is 1. The van der Waals surface area contributed by atoms with E-state index in [9.17, 15) is 5.11 Å². The second-order valence-electron chi connectivity index (χ2n) is 9.80. The summed E-state index contributed by atoms with van der Waals surface area (Å²) < 4.78 is 0. The topological polar surface area (TPSA) is 79.4 Å². The molecule has 4 N–H and O–H groups in total. The summed E-state index contributed by atoms with van der Waals surface area (Å²) in [5.41, 5.74) is 3.42. The van der Waals surface area contributed by atoms with E-state index in [0.717, 1.165) is 47.9 Å². The van der Waals surface area contributed by atoms with Gasteiger partial charge >= 0.3 is 0 Å². The van der Waals surface area contributed by atoms with Crippen LogP contribution in [0.4, 0.5) is 23.0 Å². The Labute approximate surface area is 202 Å². The van der Waals surface area contributed by atoms with Crippen molar-refractivity contribution < 1.29 is 5.11 Å². The van der Waals surface area contributed by atoms with Gasteiger partial charge in [-0.2, -0.15) is 5.10 Å². The van der Waals surface area contributed by atoms with E-state index in [1.807, 2.05) is 18.2 Å². The van der Waals surface area contributed by atoms with Crippen LogP contribution >= 0.6 is 0 Å². The highest BCUT2D eigenvalue weighted by molar-refractivity contribution is 5.62. The molecule has 34 heavy (non-hydrogen) atoms. The minimum absolute atomic E-state index is 0.276. The average Bonchev–Trinajstić information content (AvgIpc) is 3.32. The molecule has 2 aliphatic rings. The van der Waals surface area contributed by atoms with Gasteiger partial charge in [0.15, 0.2) is 0 Å². The smallest absolute Gasteiger partial charge is 0.150 e. The van der Waals surface area contributed by atoms with Crippen LogP contribution in [-0.2, 0) is 6.54 Å². The zero-order valence-corrected chi connectivity index (χ0v) is 20.0. The van der Waals surface area contributed by atoms with Gasteiger partial charge in [0.05, 0.1) is 0 Å². The lowest BCUT2D eigenvalue weighted by Gasteiger charge is -2.42. The van der Waals surface area contributed by atoms with Crippen molar-refractivity contribution in [2.45, 2.75) is 45.2 Å². The lowest BCUT2D eigenvalue weighted by molar-refractivity contribution is 0.120. The zero-order chi connectivity index (χ0) is 23.3. The maximum absolute atomic E-state index is 9.39. The van der Waals surface area contributed by atoms with Gasteiger partial charge in [-0.1, -0.05) is 19.1 Å². The third kappa shape index (κ3) is 5.65. The molecule has 0 unspecified atom stereocenters. The quantitative estimate of drug-likeness (QED) is 0.390. The minimum atomic E-state index is 0.276. The van der Waals surface area contributed by atoms with Crippen molar-refractivity contribution in [2.75, 3.05) is 41.7 Å². The van der Waals surface area contributed by atoms with Gasteiger partial charge in [-0.15, -0.1) is 0 Å². The van der Waals surface area contributed by atoms with Gasteiger partial charge < -0.3 is 25.5 Å². The number of aromatic amines is 1. The highest BCUT2D eigenvalue weighted by atomic mass is 16.3. The Morgan fingerprint density at radius 3 is 2.35 bits per heavy atom. The predicted octanol–water partition coefficient (Wildman–Crippen LogP) is 5.17. The molecule has 0 spiro atoms. The van der Waals surface area contributed by atoms with Crippen molar-refractivity contribution >= 4 is 23.0 Å². The van der Waals surface area contributed by atoms with Gasteiger partial charge in [0, 0.05) is 43.1 Å². The third-order valence-corrected chi connectivity index (χ3v) is 7.30. The molecule has 180 valence electrons. The van der Waals surface area contributed by atoms with Crippen molar-refractivity contribution in [1.29, 1.82) is 0 Å². The summed E-state index contributed by atoms with van der Waals surface area (Å²) in [6, 6.07) is 18.6. The van der Waals surface area contributed by atoms with Crippen molar-refractivity contribution in [2.24, 2.45) is 5.92 Å². The monoisotopic (exact) mass is 460 g/mol. The molecule has 5 rings (SSSR count). The maximum Gasteiger partial charge on any atom is 0.150 e. The van der Waals surface area contributed by atoms with E-state index in [1.165, 1.54) is 44.5 Å². The molecule has 0 atom stereocenters. The molecule has 0 bridgehead atoms. The van der Waals surface area contributed by atoms with Crippen molar-refractivity contribution in [3.05, 3.63) is 60.2 Å². The first-order chi connectivity index (χ1) is 16.6. The molecule has 2 aromatic carbocycles. The Morgan fingerprint density at radius 1 is 0.941 bits per heavy atom. The first-order valence-electron chi connectivity index (χ1n) is 12.6. The van der Waals surface area contributed by atoms with E-state index >= 15 is 0 Å². The SMILES string of the molecule is CC1CCN(C2CCN(c3ccc(Nc4cc(NCc5ccc(O)cc5)n[nH]4)cc3)CC2)CC1. The average molecular weight is 461 g/mol. The van der Waals surface area contributed by atoms with Gasteiger partial charge in [0.25, 0.3) is 0 Å². The molecule has 7 nitrogen and oxygen atoms in total. The lowest BCUT2D eigenvalue weighted by atomic mass is 9.95. The number of H-pyrrole nitrogens is 1. The summed E-state index contributed by atoms with van der Waals surface area (Å²) in [5, 5.41) is 23.4. The Hall–Kier alpha value is -3.19. The number of nitrogens with one attached hydrogen (secondary N) is 3. The third-order valence-electron chi connectivity index (χ3n) is 7.30. The van der Waals surface area contributed by atoms with Gasteiger partial charge in [-0.05, 0) is 86.7 Å². The standard InChI is InChI=1S/C27H36N6O/c1-20-10-14-32(15-11-20)24-12-16-33(17-13-24)23-6-4-22(5-7-23)29-27-18-26(30-31-27)28-19-21-2-8-25(34)9-3-21/h2-9,18,20,24,34H,10-17,19H2,1H3,(H3,28,29,30,31). The van der Waals surface area contributed by atoms with Crippen LogP contribution in [-0.4, -0.2) is 52.4 Å². The number of nitrogens with zero attached hydrogens (tertiary/aromatic N) is 3. The number of hydrogen-bond donors (Lipinski definition) is 4. The number of rotatable bonds is 7. The van der Waals surface area contributed by atoms with E-state index < -0.39 is 0 Å². The van der Waals surface area contributed by atoms with Gasteiger partial charge in [-0.3, -0.25) is 5.10 Å². The van der Waals surface area contributed by atoms with Crippen molar-refractivity contribution in [1.82, 2.24) is 15.1 Å². The molecule has 0 amide bonds. The number of phenolic OH excluding ortho intramolecular Hbond substituents is 1. The highest BCUT2D eigenvalue weighted by Crippen LogP contribution is 2.27. The largest absolute Gasteiger partial charge is 0.508 e. The number of anilines is 4. The zero-order valence-electron chi connectivity index (χ0n) is 20.0. The first kappa shape index (κ1) is 22.6. The minimum Gasteiger partial charge on any atom is -0.508 e. The Kier molecular flexibility index (Phi) is 6.90. The van der Waals surface area contributed by atoms with Crippen LogP contribution < -0.4 is 15.5 Å². The second kappa shape index (κ2) is 10.4. The Morgan fingerprint density at radius 2 is 1.65 bits per heavy atom. The molecule has 2 fully saturated rings. The maximum atomic E-state index is 9.39. The number of benzene rings is 2. The number of hydrogen-bond acceptors (Lipinski definition) is 6. The van der Waals surface area contributed by atoms with E-state index in [0.29, 0.717) is 6.54 Å². The van der Waals surface area contributed by atoms with E-state index in [2.05, 4.69) is 61.8 Å². The molecular formula is C27H36N6O. The van der Waals surface area contributed by atoms with Crippen LogP contribution in [0.25, 0.3) is 0 Å². The fourth-order valence-electron chi connectivity index (χ4n) is 5.08. The second-order valence-corrected chi connectivity index (χ2v) is 9.80. The molecule has 7 heteroatoms. The number of aromatic hydroxyl groups is 1. The number of phenols is 1. The summed E-state index contributed by atoms with van der Waals surface area (Å²) in [5.74, 6) is 2.80. The molecule has 2 aliphatic heterocycles. The molecule has 0 saturated carbocycles. The van der Waals surface area contributed by atoms with Crippen LogP contribution in [0.15, 0.2) is 54.6 Å². The van der Waals surface area contributed by atoms with Crippen LogP contribution in [0.5, 0.6) is 5.75 Å². The lowest BCUT2D eigenvalue weighted by Crippen LogP contribution is -2.47. The van der Waals surface area contributed by atoms with Crippen molar-refractivity contribution in [3.8, 4) is 5.75 Å².